The van der Waals surface area contributed by atoms with Gasteiger partial charge < -0.3 is 4.98 Å². The number of aromatic amines is 1. The van der Waals surface area contributed by atoms with Crippen molar-refractivity contribution in [3.05, 3.63) is 108 Å². The van der Waals surface area contributed by atoms with Gasteiger partial charge in [-0.3, -0.25) is 0 Å². The fraction of sp³-hybridized carbons (Fsp3) is 0.0769. The van der Waals surface area contributed by atoms with Crippen molar-refractivity contribution in [2.24, 2.45) is 0 Å². The van der Waals surface area contributed by atoms with Crippen LogP contribution in [-0.2, 0) is 12.7 Å². The molecular formula is C26H17F5N3+. The Balaban J connectivity index is 1.44. The normalized spacial score (nSPS) is 11.8. The third-order valence-corrected chi connectivity index (χ3v) is 5.56. The van der Waals surface area contributed by atoms with Crippen LogP contribution in [0, 0.1) is 11.6 Å². The molecule has 0 amide bonds. The number of H-pyrrole nitrogens is 1. The number of fused-ring (bicyclic) bond motifs is 1. The number of rotatable bonds is 4. The summed E-state index contributed by atoms with van der Waals surface area (Å²) in [5, 5.41) is 0. The molecule has 170 valence electrons. The van der Waals surface area contributed by atoms with Gasteiger partial charge in [0.15, 0.2) is 18.9 Å². The minimum Gasteiger partial charge on any atom is -0.333 e. The third kappa shape index (κ3) is 4.14. The first-order chi connectivity index (χ1) is 16.3. The molecule has 0 unspecified atom stereocenters. The standard InChI is InChI=1S/C26H16F5N3/c27-21-8-4-2-6-19(21)25-32-23-11-12-34(15-24(23)33-25)14-17-10-9-16(13-22(17)28)18-5-1-3-7-20(18)26(29,30)31/h1-13,15H,14H2/p+1. The zero-order valence-electron chi connectivity index (χ0n) is 17.6. The lowest BCUT2D eigenvalue weighted by molar-refractivity contribution is -0.687. The number of pyridine rings is 1. The van der Waals surface area contributed by atoms with E-state index in [0.29, 0.717) is 28.0 Å². The van der Waals surface area contributed by atoms with Crippen molar-refractivity contribution in [3.8, 4) is 22.5 Å². The summed E-state index contributed by atoms with van der Waals surface area (Å²) in [5.41, 5.74) is 1.17. The highest BCUT2D eigenvalue weighted by molar-refractivity contribution is 5.77. The van der Waals surface area contributed by atoms with E-state index in [9.17, 15) is 22.0 Å². The largest absolute Gasteiger partial charge is 0.417 e. The van der Waals surface area contributed by atoms with Crippen LogP contribution in [0.2, 0.25) is 0 Å². The molecule has 5 aromatic rings. The average molecular weight is 466 g/mol. The summed E-state index contributed by atoms with van der Waals surface area (Å²) in [6.45, 7) is 0.150. The maximum atomic E-state index is 14.9. The molecular weight excluding hydrogens is 449 g/mol. The predicted octanol–water partition coefficient (Wildman–Crippen LogP) is 6.53. The molecule has 3 nitrogen and oxygen atoms in total. The summed E-state index contributed by atoms with van der Waals surface area (Å²) in [6, 6.07) is 17.2. The van der Waals surface area contributed by atoms with Gasteiger partial charge in [-0.2, -0.15) is 17.7 Å². The number of aromatic nitrogens is 3. The van der Waals surface area contributed by atoms with Crippen LogP contribution in [0.15, 0.2) is 85.2 Å². The SMILES string of the molecule is Fc1cc(-c2ccccc2C(F)(F)F)ccc1C[n+]1ccc2nc(-c3ccccc3F)[nH]c2c1. The van der Waals surface area contributed by atoms with Gasteiger partial charge in [-0.15, -0.1) is 0 Å². The fourth-order valence-corrected chi connectivity index (χ4v) is 3.90. The van der Waals surface area contributed by atoms with Gasteiger partial charge in [0.05, 0.1) is 16.7 Å². The summed E-state index contributed by atoms with van der Waals surface area (Å²) < 4.78 is 70.7. The Labute approximate surface area is 191 Å². The minimum absolute atomic E-state index is 0.0762. The predicted molar refractivity (Wildman–Crippen MR) is 118 cm³/mol. The van der Waals surface area contributed by atoms with E-state index in [2.05, 4.69) is 9.97 Å². The number of benzene rings is 3. The van der Waals surface area contributed by atoms with Crippen molar-refractivity contribution in [1.29, 1.82) is 0 Å². The van der Waals surface area contributed by atoms with Crippen LogP contribution < -0.4 is 4.57 Å². The van der Waals surface area contributed by atoms with E-state index in [4.69, 9.17) is 0 Å². The van der Waals surface area contributed by atoms with Crippen molar-refractivity contribution in [1.82, 2.24) is 9.97 Å². The van der Waals surface area contributed by atoms with Crippen molar-refractivity contribution in [2.75, 3.05) is 0 Å². The first-order valence-corrected chi connectivity index (χ1v) is 10.4. The van der Waals surface area contributed by atoms with Gasteiger partial charge in [-0.1, -0.05) is 36.4 Å². The van der Waals surface area contributed by atoms with Gasteiger partial charge >= 0.3 is 6.18 Å². The molecule has 8 heteroatoms. The van der Waals surface area contributed by atoms with E-state index < -0.39 is 23.4 Å². The van der Waals surface area contributed by atoms with Crippen LogP contribution in [0.4, 0.5) is 22.0 Å². The lowest BCUT2D eigenvalue weighted by Crippen LogP contribution is -2.33. The van der Waals surface area contributed by atoms with E-state index in [1.54, 1.807) is 41.2 Å². The van der Waals surface area contributed by atoms with Crippen LogP contribution in [0.5, 0.6) is 0 Å². The number of alkyl halides is 3. The molecule has 1 N–H and O–H groups in total. The Kier molecular flexibility index (Phi) is 5.36. The molecule has 5 rings (SSSR count). The zero-order valence-corrected chi connectivity index (χ0v) is 17.6. The first-order valence-electron chi connectivity index (χ1n) is 10.4. The molecule has 2 aromatic heterocycles. The highest BCUT2D eigenvalue weighted by Crippen LogP contribution is 2.37. The van der Waals surface area contributed by atoms with E-state index in [0.717, 1.165) is 12.1 Å². The molecule has 3 aromatic carbocycles. The smallest absolute Gasteiger partial charge is 0.333 e. The monoisotopic (exact) mass is 466 g/mol. The number of imidazole rings is 1. The fourth-order valence-electron chi connectivity index (χ4n) is 3.90. The van der Waals surface area contributed by atoms with Gasteiger partial charge in [-0.25, -0.2) is 13.8 Å². The summed E-state index contributed by atoms with van der Waals surface area (Å²) in [4.78, 5) is 7.48. The summed E-state index contributed by atoms with van der Waals surface area (Å²) in [7, 11) is 0. The zero-order chi connectivity index (χ0) is 23.9. The molecule has 0 radical (unpaired) electrons. The van der Waals surface area contributed by atoms with Crippen molar-refractivity contribution < 1.29 is 26.5 Å². The molecule has 34 heavy (non-hydrogen) atoms. The van der Waals surface area contributed by atoms with E-state index in [1.165, 1.54) is 36.4 Å². The molecule has 0 atom stereocenters. The highest BCUT2D eigenvalue weighted by Gasteiger charge is 2.33. The van der Waals surface area contributed by atoms with Crippen LogP contribution in [0.3, 0.4) is 0 Å². The van der Waals surface area contributed by atoms with Gasteiger partial charge in [0.2, 0.25) is 0 Å². The summed E-state index contributed by atoms with van der Waals surface area (Å²) in [5.74, 6) is -0.632. The number of nitrogens with zero attached hydrogens (tertiary/aromatic N) is 2. The summed E-state index contributed by atoms with van der Waals surface area (Å²) >= 11 is 0. The van der Waals surface area contributed by atoms with Gasteiger partial charge in [-0.05, 0) is 41.5 Å². The molecule has 0 aliphatic heterocycles. The first kappa shape index (κ1) is 21.8. The van der Waals surface area contributed by atoms with E-state index in [1.807, 2.05) is 0 Å². The van der Waals surface area contributed by atoms with Gasteiger partial charge in [0, 0.05) is 6.07 Å². The molecule has 0 fully saturated rings. The van der Waals surface area contributed by atoms with Crippen LogP contribution in [0.25, 0.3) is 33.5 Å². The van der Waals surface area contributed by atoms with E-state index >= 15 is 0 Å². The molecule has 0 aliphatic rings. The van der Waals surface area contributed by atoms with Crippen molar-refractivity contribution in [2.45, 2.75) is 12.7 Å². The Bertz CT molecular complexity index is 1500. The van der Waals surface area contributed by atoms with Crippen LogP contribution in [0.1, 0.15) is 11.1 Å². The Morgan fingerprint density at radius 1 is 0.824 bits per heavy atom. The third-order valence-electron chi connectivity index (χ3n) is 5.56. The second-order valence-electron chi connectivity index (χ2n) is 7.83. The number of halogens is 5. The molecule has 0 saturated heterocycles. The molecule has 0 spiro atoms. The van der Waals surface area contributed by atoms with Gasteiger partial charge in [0.1, 0.15) is 28.5 Å². The number of nitrogens with one attached hydrogen (secondary N) is 1. The van der Waals surface area contributed by atoms with Crippen molar-refractivity contribution in [3.63, 3.8) is 0 Å². The van der Waals surface area contributed by atoms with Gasteiger partial charge in [0.25, 0.3) is 0 Å². The molecule has 0 bridgehead atoms. The number of hydrogen-bond donors (Lipinski definition) is 1. The maximum absolute atomic E-state index is 14.9. The summed E-state index contributed by atoms with van der Waals surface area (Å²) in [6.07, 6.45) is -1.11. The second kappa shape index (κ2) is 8.37. The van der Waals surface area contributed by atoms with Crippen molar-refractivity contribution >= 4 is 11.0 Å². The van der Waals surface area contributed by atoms with Crippen LogP contribution >= 0.6 is 0 Å². The Hall–Kier alpha value is -4.07. The second-order valence-corrected chi connectivity index (χ2v) is 7.83. The number of hydrogen-bond acceptors (Lipinski definition) is 1. The topological polar surface area (TPSA) is 32.6 Å². The molecule has 2 heterocycles. The lowest BCUT2D eigenvalue weighted by atomic mass is 9.98. The minimum atomic E-state index is -4.54. The van der Waals surface area contributed by atoms with Crippen LogP contribution in [-0.4, -0.2) is 9.97 Å². The maximum Gasteiger partial charge on any atom is 0.417 e. The highest BCUT2D eigenvalue weighted by atomic mass is 19.4. The Morgan fingerprint density at radius 3 is 2.29 bits per heavy atom. The average Bonchev–Trinajstić information content (AvgIpc) is 3.23. The molecule has 0 aliphatic carbocycles. The molecule has 0 saturated carbocycles. The van der Waals surface area contributed by atoms with E-state index in [-0.39, 0.29) is 17.7 Å². The Morgan fingerprint density at radius 2 is 1.56 bits per heavy atom. The lowest BCUT2D eigenvalue weighted by Gasteiger charge is -2.13. The quantitative estimate of drug-likeness (QED) is 0.237.